The van der Waals surface area contributed by atoms with Gasteiger partial charge in [0.15, 0.2) is 0 Å². The molecule has 0 aliphatic rings. The molecule has 0 fully saturated rings. The summed E-state index contributed by atoms with van der Waals surface area (Å²) in [7, 11) is 0. The SMILES string of the molecule is CC(C)(C(=O)O)c1ccc(NC(=O)CCc2nnc(-c3ccsc3)o2)cc1. The van der Waals surface area contributed by atoms with Gasteiger partial charge in [-0.15, -0.1) is 10.2 Å². The highest BCUT2D eigenvalue weighted by atomic mass is 32.1. The number of carbonyl (C=O) groups is 2. The molecule has 2 heterocycles. The number of thiophene rings is 1. The molecule has 1 aromatic carbocycles. The summed E-state index contributed by atoms with van der Waals surface area (Å²) < 4.78 is 5.55. The first-order valence-electron chi connectivity index (χ1n) is 8.35. The Labute approximate surface area is 160 Å². The van der Waals surface area contributed by atoms with Gasteiger partial charge in [0.05, 0.1) is 5.41 Å². The Morgan fingerprint density at radius 2 is 1.93 bits per heavy atom. The standard InChI is InChI=1S/C19H19N3O4S/c1-19(2,18(24)25)13-3-5-14(6-4-13)20-15(23)7-8-16-21-22-17(26-16)12-9-10-27-11-12/h3-6,9-11H,7-8H2,1-2H3,(H,20,23)(H,24,25). The quantitative estimate of drug-likeness (QED) is 0.642. The Hall–Kier alpha value is -3.00. The van der Waals surface area contributed by atoms with Crippen molar-refractivity contribution in [2.75, 3.05) is 5.32 Å². The van der Waals surface area contributed by atoms with Crippen LogP contribution in [0.5, 0.6) is 0 Å². The van der Waals surface area contributed by atoms with Crippen molar-refractivity contribution in [2.24, 2.45) is 0 Å². The van der Waals surface area contributed by atoms with Gasteiger partial charge in [-0.2, -0.15) is 11.3 Å². The highest BCUT2D eigenvalue weighted by Crippen LogP contribution is 2.25. The zero-order chi connectivity index (χ0) is 19.4. The summed E-state index contributed by atoms with van der Waals surface area (Å²) in [5, 5.41) is 23.8. The predicted octanol–water partition coefficient (Wildman–Crippen LogP) is 3.73. The molecule has 3 aromatic rings. The van der Waals surface area contributed by atoms with E-state index in [9.17, 15) is 14.7 Å². The molecule has 0 atom stereocenters. The lowest BCUT2D eigenvalue weighted by molar-refractivity contribution is -0.142. The molecule has 140 valence electrons. The summed E-state index contributed by atoms with van der Waals surface area (Å²) in [6.45, 7) is 3.27. The van der Waals surface area contributed by atoms with Gasteiger partial charge in [0.25, 0.3) is 0 Å². The summed E-state index contributed by atoms with van der Waals surface area (Å²) >= 11 is 1.54. The first-order chi connectivity index (χ1) is 12.9. The van der Waals surface area contributed by atoms with Gasteiger partial charge >= 0.3 is 5.97 Å². The maximum atomic E-state index is 12.1. The minimum atomic E-state index is -0.985. The average Bonchev–Trinajstić information content (AvgIpc) is 3.32. The molecule has 0 saturated heterocycles. The maximum absolute atomic E-state index is 12.1. The van der Waals surface area contributed by atoms with E-state index in [2.05, 4.69) is 15.5 Å². The third-order valence-electron chi connectivity index (χ3n) is 4.23. The number of carboxylic acids is 1. The second-order valence-corrected chi connectivity index (χ2v) is 7.35. The molecule has 2 aromatic heterocycles. The van der Waals surface area contributed by atoms with Gasteiger partial charge < -0.3 is 14.8 Å². The number of hydrogen-bond acceptors (Lipinski definition) is 6. The van der Waals surface area contributed by atoms with Gasteiger partial charge in [-0.3, -0.25) is 9.59 Å². The first-order valence-corrected chi connectivity index (χ1v) is 9.29. The minimum absolute atomic E-state index is 0.185. The van der Waals surface area contributed by atoms with Crippen molar-refractivity contribution >= 4 is 28.9 Å². The molecule has 0 radical (unpaired) electrons. The van der Waals surface area contributed by atoms with E-state index in [0.29, 0.717) is 29.5 Å². The summed E-state index contributed by atoms with van der Waals surface area (Å²) in [5.41, 5.74) is 1.16. The van der Waals surface area contributed by atoms with Crippen LogP contribution >= 0.6 is 11.3 Å². The molecular weight excluding hydrogens is 366 g/mol. The minimum Gasteiger partial charge on any atom is -0.481 e. The molecule has 3 rings (SSSR count). The van der Waals surface area contributed by atoms with E-state index in [-0.39, 0.29) is 12.3 Å². The molecule has 0 bridgehead atoms. The van der Waals surface area contributed by atoms with Gasteiger partial charge in [0, 0.05) is 29.5 Å². The van der Waals surface area contributed by atoms with E-state index in [0.717, 1.165) is 5.56 Å². The number of aliphatic carboxylic acids is 1. The van der Waals surface area contributed by atoms with Crippen LogP contribution in [0.4, 0.5) is 5.69 Å². The molecule has 7 nitrogen and oxygen atoms in total. The second-order valence-electron chi connectivity index (χ2n) is 6.57. The van der Waals surface area contributed by atoms with Crippen molar-refractivity contribution in [3.63, 3.8) is 0 Å². The van der Waals surface area contributed by atoms with E-state index < -0.39 is 11.4 Å². The van der Waals surface area contributed by atoms with Crippen LogP contribution in [0.15, 0.2) is 45.5 Å². The van der Waals surface area contributed by atoms with E-state index in [4.69, 9.17) is 4.42 Å². The van der Waals surface area contributed by atoms with Gasteiger partial charge in [0.1, 0.15) is 0 Å². The third kappa shape index (κ3) is 4.40. The molecule has 0 spiro atoms. The number of benzene rings is 1. The molecule has 2 N–H and O–H groups in total. The highest BCUT2D eigenvalue weighted by molar-refractivity contribution is 7.08. The average molecular weight is 385 g/mol. The lowest BCUT2D eigenvalue weighted by Gasteiger charge is -2.19. The number of aromatic nitrogens is 2. The molecule has 0 aliphatic heterocycles. The monoisotopic (exact) mass is 385 g/mol. The third-order valence-corrected chi connectivity index (χ3v) is 4.91. The number of anilines is 1. The van der Waals surface area contributed by atoms with Crippen molar-refractivity contribution in [1.82, 2.24) is 10.2 Å². The van der Waals surface area contributed by atoms with E-state index >= 15 is 0 Å². The first kappa shape index (κ1) is 18.8. The van der Waals surface area contributed by atoms with Crippen LogP contribution in [0.3, 0.4) is 0 Å². The predicted molar refractivity (Wildman–Crippen MR) is 102 cm³/mol. The number of carboxylic acid groups (broad SMARTS) is 1. The van der Waals surface area contributed by atoms with Gasteiger partial charge in [-0.1, -0.05) is 12.1 Å². The Balaban J connectivity index is 1.54. The molecule has 0 saturated carbocycles. The number of nitrogens with one attached hydrogen (secondary N) is 1. The van der Waals surface area contributed by atoms with Crippen LogP contribution in [0, 0.1) is 0 Å². The van der Waals surface area contributed by atoms with Crippen LogP contribution in [0.25, 0.3) is 11.5 Å². The Bertz CT molecular complexity index is 930. The highest BCUT2D eigenvalue weighted by Gasteiger charge is 2.29. The number of nitrogens with zero attached hydrogens (tertiary/aromatic N) is 2. The molecule has 8 heteroatoms. The van der Waals surface area contributed by atoms with Crippen LogP contribution in [0.1, 0.15) is 31.7 Å². The summed E-state index contributed by atoms with van der Waals surface area (Å²) in [6, 6.07) is 8.69. The van der Waals surface area contributed by atoms with Gasteiger partial charge in [0.2, 0.25) is 17.7 Å². The lowest BCUT2D eigenvalue weighted by Crippen LogP contribution is -2.28. The lowest BCUT2D eigenvalue weighted by atomic mass is 9.85. The Morgan fingerprint density at radius 3 is 2.56 bits per heavy atom. The Morgan fingerprint density at radius 1 is 1.19 bits per heavy atom. The molecule has 0 unspecified atom stereocenters. The van der Waals surface area contributed by atoms with Gasteiger partial charge in [-0.05, 0) is 43.0 Å². The second kappa shape index (κ2) is 7.71. The number of hydrogen-bond donors (Lipinski definition) is 2. The molecular formula is C19H19N3O4S. The molecule has 27 heavy (non-hydrogen) atoms. The fourth-order valence-electron chi connectivity index (χ4n) is 2.40. The van der Waals surface area contributed by atoms with E-state index in [1.807, 2.05) is 16.8 Å². The van der Waals surface area contributed by atoms with Crippen molar-refractivity contribution < 1.29 is 19.1 Å². The number of amides is 1. The molecule has 0 aliphatic carbocycles. The molecule has 1 amide bonds. The van der Waals surface area contributed by atoms with Crippen LogP contribution in [0.2, 0.25) is 0 Å². The van der Waals surface area contributed by atoms with E-state index in [1.54, 1.807) is 49.4 Å². The zero-order valence-corrected chi connectivity index (χ0v) is 15.7. The Kier molecular flexibility index (Phi) is 5.36. The normalized spacial score (nSPS) is 11.3. The van der Waals surface area contributed by atoms with Gasteiger partial charge in [-0.25, -0.2) is 0 Å². The van der Waals surface area contributed by atoms with Crippen molar-refractivity contribution in [1.29, 1.82) is 0 Å². The summed E-state index contributed by atoms with van der Waals surface area (Å²) in [4.78, 5) is 23.4. The summed E-state index contributed by atoms with van der Waals surface area (Å²) in [6.07, 6.45) is 0.542. The van der Waals surface area contributed by atoms with Crippen LogP contribution in [-0.4, -0.2) is 27.2 Å². The number of aryl methyl sites for hydroxylation is 1. The fourth-order valence-corrected chi connectivity index (χ4v) is 3.02. The largest absolute Gasteiger partial charge is 0.481 e. The summed E-state index contributed by atoms with van der Waals surface area (Å²) in [5.74, 6) is -0.232. The smallest absolute Gasteiger partial charge is 0.313 e. The topological polar surface area (TPSA) is 105 Å². The van der Waals surface area contributed by atoms with Crippen molar-refractivity contribution in [3.8, 4) is 11.5 Å². The van der Waals surface area contributed by atoms with Crippen molar-refractivity contribution in [2.45, 2.75) is 32.1 Å². The fraction of sp³-hybridized carbons (Fsp3) is 0.263. The van der Waals surface area contributed by atoms with Crippen LogP contribution in [-0.2, 0) is 21.4 Å². The van der Waals surface area contributed by atoms with E-state index in [1.165, 1.54) is 0 Å². The van der Waals surface area contributed by atoms with Crippen LogP contribution < -0.4 is 5.32 Å². The number of rotatable bonds is 7. The zero-order valence-electron chi connectivity index (χ0n) is 14.9. The maximum Gasteiger partial charge on any atom is 0.313 e. The number of carbonyl (C=O) groups excluding carboxylic acids is 1. The van der Waals surface area contributed by atoms with Crippen molar-refractivity contribution in [3.05, 3.63) is 52.5 Å².